The lowest BCUT2D eigenvalue weighted by Gasteiger charge is -2.23. The Kier molecular flexibility index (Phi) is 8.32. The average Bonchev–Trinajstić information content (AvgIpc) is 2.58. The van der Waals surface area contributed by atoms with E-state index in [-0.39, 0.29) is 11.8 Å². The van der Waals surface area contributed by atoms with Crippen LogP contribution in [0.2, 0.25) is 0 Å². The van der Waals surface area contributed by atoms with Crippen molar-refractivity contribution >= 4 is 29.5 Å². The minimum atomic E-state index is -0.975. The van der Waals surface area contributed by atoms with Gasteiger partial charge in [-0.2, -0.15) is 11.8 Å². The van der Waals surface area contributed by atoms with Gasteiger partial charge < -0.3 is 15.7 Å². The summed E-state index contributed by atoms with van der Waals surface area (Å²) in [5, 5.41) is 14.4. The summed E-state index contributed by atoms with van der Waals surface area (Å²) in [6, 6.07) is 7.44. The molecule has 0 fully saturated rings. The second kappa shape index (κ2) is 9.97. The molecule has 0 spiro atoms. The fourth-order valence-electron chi connectivity index (χ4n) is 2.00. The zero-order valence-corrected chi connectivity index (χ0v) is 14.9. The number of carboxylic acid groups (broad SMARTS) is 1. The first-order valence-electron chi connectivity index (χ1n) is 7.74. The minimum absolute atomic E-state index is 0.323. The van der Waals surface area contributed by atoms with Crippen LogP contribution in [0, 0.1) is 5.92 Å². The number of rotatable bonds is 9. The van der Waals surface area contributed by atoms with Crippen molar-refractivity contribution in [1.29, 1.82) is 0 Å². The Hall–Kier alpha value is -2.02. The van der Waals surface area contributed by atoms with Crippen LogP contribution in [0.5, 0.6) is 0 Å². The summed E-state index contributed by atoms with van der Waals surface area (Å²) in [5.41, 5.74) is 0.478. The van der Waals surface area contributed by atoms with E-state index in [1.165, 1.54) is 6.92 Å². The number of amides is 2. The lowest BCUT2D eigenvalue weighted by atomic mass is 10.0. The van der Waals surface area contributed by atoms with Gasteiger partial charge in [-0.05, 0) is 44.4 Å². The lowest BCUT2D eigenvalue weighted by Crippen LogP contribution is -2.51. The van der Waals surface area contributed by atoms with Gasteiger partial charge in [-0.3, -0.25) is 14.4 Å². The van der Waals surface area contributed by atoms with E-state index >= 15 is 0 Å². The number of hydrogen-bond acceptors (Lipinski definition) is 4. The Morgan fingerprint density at radius 2 is 1.75 bits per heavy atom. The highest BCUT2D eigenvalue weighted by atomic mass is 32.2. The SMILES string of the molecule is CSCCC(NC(=O)c1ccccc1)C(=O)NC(C)C(C)C(=O)O. The van der Waals surface area contributed by atoms with Gasteiger partial charge in [0.15, 0.2) is 0 Å². The molecule has 3 N–H and O–H groups in total. The van der Waals surface area contributed by atoms with Crippen molar-refractivity contribution in [3.05, 3.63) is 35.9 Å². The van der Waals surface area contributed by atoms with Gasteiger partial charge in [0.05, 0.1) is 5.92 Å². The molecule has 7 heteroatoms. The zero-order valence-electron chi connectivity index (χ0n) is 14.1. The molecule has 6 nitrogen and oxygen atoms in total. The van der Waals surface area contributed by atoms with Crippen LogP contribution in [-0.4, -0.2) is 47.0 Å². The summed E-state index contributed by atoms with van der Waals surface area (Å²) < 4.78 is 0. The van der Waals surface area contributed by atoms with E-state index in [0.717, 1.165) is 0 Å². The summed E-state index contributed by atoms with van der Waals surface area (Å²) in [7, 11) is 0. The number of hydrogen-bond donors (Lipinski definition) is 3. The monoisotopic (exact) mass is 352 g/mol. The number of carbonyl (C=O) groups excluding carboxylic acids is 2. The summed E-state index contributed by atoms with van der Waals surface area (Å²) in [6.45, 7) is 3.17. The molecule has 0 radical (unpaired) electrons. The maximum absolute atomic E-state index is 12.4. The number of carbonyl (C=O) groups is 3. The van der Waals surface area contributed by atoms with Gasteiger partial charge in [0.25, 0.3) is 5.91 Å². The van der Waals surface area contributed by atoms with Crippen molar-refractivity contribution in [3.8, 4) is 0 Å². The number of thioether (sulfide) groups is 1. The van der Waals surface area contributed by atoms with Crippen molar-refractivity contribution < 1.29 is 19.5 Å². The topological polar surface area (TPSA) is 95.5 Å². The Morgan fingerprint density at radius 3 is 2.29 bits per heavy atom. The molecule has 0 heterocycles. The van der Waals surface area contributed by atoms with E-state index in [4.69, 9.17) is 5.11 Å². The highest BCUT2D eigenvalue weighted by molar-refractivity contribution is 7.98. The molecule has 0 saturated carbocycles. The quantitative estimate of drug-likeness (QED) is 0.629. The molecule has 2 amide bonds. The van der Waals surface area contributed by atoms with Crippen molar-refractivity contribution in [3.63, 3.8) is 0 Å². The Morgan fingerprint density at radius 1 is 1.12 bits per heavy atom. The molecule has 0 aromatic heterocycles. The predicted octanol–water partition coefficient (Wildman–Crippen LogP) is 1.76. The van der Waals surface area contributed by atoms with Crippen LogP contribution in [0.15, 0.2) is 30.3 Å². The van der Waals surface area contributed by atoms with Crippen LogP contribution in [-0.2, 0) is 9.59 Å². The maximum atomic E-state index is 12.4. The van der Waals surface area contributed by atoms with Gasteiger partial charge in [0.2, 0.25) is 5.91 Å². The highest BCUT2D eigenvalue weighted by Crippen LogP contribution is 2.07. The first-order valence-corrected chi connectivity index (χ1v) is 9.14. The van der Waals surface area contributed by atoms with Crippen LogP contribution < -0.4 is 10.6 Å². The molecule has 1 aromatic rings. The van der Waals surface area contributed by atoms with E-state index in [2.05, 4.69) is 10.6 Å². The van der Waals surface area contributed by atoms with Crippen LogP contribution in [0.4, 0.5) is 0 Å². The van der Waals surface area contributed by atoms with Gasteiger partial charge in [-0.15, -0.1) is 0 Å². The second-order valence-corrected chi connectivity index (χ2v) is 6.58. The molecule has 3 atom stereocenters. The number of aliphatic carboxylic acids is 1. The molecular formula is C17H24N2O4S. The first-order chi connectivity index (χ1) is 11.4. The molecule has 0 aliphatic heterocycles. The third kappa shape index (κ3) is 6.23. The number of carboxylic acids is 1. The standard InChI is InChI=1S/C17H24N2O4S/c1-11(17(22)23)12(2)18-16(21)14(9-10-24-3)19-15(20)13-7-5-4-6-8-13/h4-8,11-12,14H,9-10H2,1-3H3,(H,18,21)(H,19,20)(H,22,23). The highest BCUT2D eigenvalue weighted by Gasteiger charge is 2.26. The molecule has 0 bridgehead atoms. The predicted molar refractivity (Wildman–Crippen MR) is 95.1 cm³/mol. The van der Waals surface area contributed by atoms with Gasteiger partial charge in [0, 0.05) is 11.6 Å². The van der Waals surface area contributed by atoms with Crippen molar-refractivity contribution in [2.24, 2.45) is 5.92 Å². The van der Waals surface area contributed by atoms with Crippen LogP contribution in [0.1, 0.15) is 30.6 Å². The molecule has 3 unspecified atom stereocenters. The smallest absolute Gasteiger partial charge is 0.308 e. The van der Waals surface area contributed by atoms with Crippen LogP contribution in [0.3, 0.4) is 0 Å². The van der Waals surface area contributed by atoms with Crippen molar-refractivity contribution in [1.82, 2.24) is 10.6 Å². The van der Waals surface area contributed by atoms with E-state index < -0.39 is 24.0 Å². The molecule has 0 aliphatic carbocycles. The Bertz CT molecular complexity index is 565. The molecule has 0 aliphatic rings. The van der Waals surface area contributed by atoms with Crippen molar-refractivity contribution in [2.45, 2.75) is 32.4 Å². The summed E-state index contributed by atoms with van der Waals surface area (Å²) in [5.74, 6) is -1.67. The molecule has 1 rings (SSSR count). The lowest BCUT2D eigenvalue weighted by molar-refractivity contribution is -0.142. The normalized spacial score (nSPS) is 14.3. The number of benzene rings is 1. The van der Waals surface area contributed by atoms with Crippen molar-refractivity contribution in [2.75, 3.05) is 12.0 Å². The summed E-state index contributed by atoms with van der Waals surface area (Å²) in [4.78, 5) is 35.7. The zero-order chi connectivity index (χ0) is 18.1. The van der Waals surface area contributed by atoms with Gasteiger partial charge in [-0.1, -0.05) is 18.2 Å². The van der Waals surface area contributed by atoms with Gasteiger partial charge >= 0.3 is 5.97 Å². The van der Waals surface area contributed by atoms with Crippen LogP contribution >= 0.6 is 11.8 Å². The van der Waals surface area contributed by atoms with Gasteiger partial charge in [0.1, 0.15) is 6.04 Å². The third-order valence-electron chi connectivity index (χ3n) is 3.78. The molecule has 132 valence electrons. The van der Waals surface area contributed by atoms with Crippen LogP contribution in [0.25, 0.3) is 0 Å². The fraction of sp³-hybridized carbons (Fsp3) is 0.471. The third-order valence-corrected chi connectivity index (χ3v) is 4.42. The fourth-order valence-corrected chi connectivity index (χ4v) is 2.47. The second-order valence-electron chi connectivity index (χ2n) is 5.60. The average molecular weight is 352 g/mol. The van der Waals surface area contributed by atoms with E-state index in [1.807, 2.05) is 12.3 Å². The molecule has 0 saturated heterocycles. The minimum Gasteiger partial charge on any atom is -0.481 e. The van der Waals surface area contributed by atoms with E-state index in [1.54, 1.807) is 43.0 Å². The Labute approximate surface area is 146 Å². The molecule has 1 aromatic carbocycles. The summed E-state index contributed by atoms with van der Waals surface area (Å²) >= 11 is 1.57. The summed E-state index contributed by atoms with van der Waals surface area (Å²) in [6.07, 6.45) is 2.39. The van der Waals surface area contributed by atoms with E-state index in [9.17, 15) is 14.4 Å². The largest absolute Gasteiger partial charge is 0.481 e. The first kappa shape index (κ1) is 20.0. The number of nitrogens with one attached hydrogen (secondary N) is 2. The van der Waals surface area contributed by atoms with E-state index in [0.29, 0.717) is 17.7 Å². The Balaban J connectivity index is 2.75. The van der Waals surface area contributed by atoms with Gasteiger partial charge in [-0.25, -0.2) is 0 Å². The molecular weight excluding hydrogens is 328 g/mol. The maximum Gasteiger partial charge on any atom is 0.308 e. The molecule has 24 heavy (non-hydrogen) atoms.